The minimum Gasteiger partial charge on any atom is -0.445 e. The van der Waals surface area contributed by atoms with E-state index < -0.39 is 11.6 Å². The Morgan fingerprint density at radius 3 is 2.30 bits per heavy atom. The number of amides is 2. The van der Waals surface area contributed by atoms with Gasteiger partial charge in [0.05, 0.1) is 7.11 Å². The van der Waals surface area contributed by atoms with Gasteiger partial charge in [0.15, 0.2) is 0 Å². The summed E-state index contributed by atoms with van der Waals surface area (Å²) in [6, 6.07) is 9.51. The molecular formula is C17H26N2O4. The van der Waals surface area contributed by atoms with E-state index >= 15 is 0 Å². The average molecular weight is 322 g/mol. The smallest absolute Gasteiger partial charge is 0.410 e. The number of benzene rings is 1. The maximum atomic E-state index is 12.2. The van der Waals surface area contributed by atoms with E-state index in [0.717, 1.165) is 5.56 Å². The predicted molar refractivity (Wildman–Crippen MR) is 87.5 cm³/mol. The number of nitrogens with zero attached hydrogens (tertiary/aromatic N) is 2. The molecule has 0 radical (unpaired) electrons. The number of hydrogen-bond acceptors (Lipinski definition) is 4. The summed E-state index contributed by atoms with van der Waals surface area (Å²) in [6.45, 7) is 4.03. The molecule has 0 aliphatic heterocycles. The fourth-order valence-electron chi connectivity index (χ4n) is 1.90. The maximum absolute atomic E-state index is 12.2. The third-order valence-corrected chi connectivity index (χ3v) is 3.96. The molecule has 0 spiro atoms. The van der Waals surface area contributed by atoms with E-state index in [9.17, 15) is 9.59 Å². The van der Waals surface area contributed by atoms with Crippen molar-refractivity contribution in [3.05, 3.63) is 35.9 Å². The molecule has 0 unspecified atom stereocenters. The van der Waals surface area contributed by atoms with E-state index in [-0.39, 0.29) is 18.9 Å². The van der Waals surface area contributed by atoms with Gasteiger partial charge in [0.1, 0.15) is 6.61 Å². The molecule has 128 valence electrons. The maximum Gasteiger partial charge on any atom is 0.410 e. The van der Waals surface area contributed by atoms with Crippen LogP contribution in [0.15, 0.2) is 30.3 Å². The Labute approximate surface area is 137 Å². The van der Waals surface area contributed by atoms with E-state index in [1.165, 1.54) is 17.1 Å². The molecule has 0 saturated carbocycles. The van der Waals surface area contributed by atoms with E-state index in [1.54, 1.807) is 14.1 Å². The quantitative estimate of drug-likeness (QED) is 0.724. The third-order valence-electron chi connectivity index (χ3n) is 3.96. The van der Waals surface area contributed by atoms with Gasteiger partial charge in [-0.05, 0) is 25.8 Å². The van der Waals surface area contributed by atoms with Crippen molar-refractivity contribution in [2.45, 2.75) is 38.8 Å². The van der Waals surface area contributed by atoms with Crippen LogP contribution in [0, 0.1) is 0 Å². The van der Waals surface area contributed by atoms with E-state index in [4.69, 9.17) is 9.57 Å². The van der Waals surface area contributed by atoms with E-state index in [0.29, 0.717) is 6.42 Å². The standard InChI is InChI=1S/C17H26N2O4/c1-17(2,12-11-15(20)19(4)22-5)18(3)16(21)23-13-14-9-7-6-8-10-14/h6-10H,11-13H2,1-5H3. The van der Waals surface area contributed by atoms with Crippen LogP contribution in [0.4, 0.5) is 4.79 Å². The van der Waals surface area contributed by atoms with Crippen LogP contribution in [0.25, 0.3) is 0 Å². The fraction of sp³-hybridized carbons (Fsp3) is 0.529. The van der Waals surface area contributed by atoms with Crippen LogP contribution < -0.4 is 0 Å². The summed E-state index contributed by atoms with van der Waals surface area (Å²) in [6.07, 6.45) is 0.385. The van der Waals surface area contributed by atoms with Gasteiger partial charge in [-0.1, -0.05) is 30.3 Å². The van der Waals surface area contributed by atoms with Crippen LogP contribution in [0.2, 0.25) is 0 Å². The fourth-order valence-corrected chi connectivity index (χ4v) is 1.90. The van der Waals surface area contributed by atoms with Crippen LogP contribution in [0.5, 0.6) is 0 Å². The van der Waals surface area contributed by atoms with Crippen molar-refractivity contribution >= 4 is 12.0 Å². The second-order valence-corrected chi connectivity index (χ2v) is 5.99. The molecule has 0 fully saturated rings. The monoisotopic (exact) mass is 322 g/mol. The van der Waals surface area contributed by atoms with Crippen LogP contribution in [0.3, 0.4) is 0 Å². The van der Waals surface area contributed by atoms with Crippen molar-refractivity contribution in [3.8, 4) is 0 Å². The lowest BCUT2D eigenvalue weighted by Gasteiger charge is -2.35. The second-order valence-electron chi connectivity index (χ2n) is 5.99. The van der Waals surface area contributed by atoms with Gasteiger partial charge in [0.2, 0.25) is 5.91 Å². The minimum atomic E-state index is -0.502. The summed E-state index contributed by atoms with van der Waals surface area (Å²) in [5.41, 5.74) is 0.432. The lowest BCUT2D eigenvalue weighted by Crippen LogP contribution is -2.46. The van der Waals surface area contributed by atoms with E-state index in [2.05, 4.69) is 0 Å². The summed E-state index contributed by atoms with van der Waals surface area (Å²) in [7, 11) is 4.68. The highest BCUT2D eigenvalue weighted by Crippen LogP contribution is 2.21. The van der Waals surface area contributed by atoms with Crippen molar-refractivity contribution in [1.82, 2.24) is 9.96 Å². The summed E-state index contributed by atoms with van der Waals surface area (Å²) < 4.78 is 5.32. The first kappa shape index (κ1) is 19.0. The zero-order valence-electron chi connectivity index (χ0n) is 14.5. The molecule has 0 atom stereocenters. The summed E-state index contributed by atoms with van der Waals surface area (Å²) in [4.78, 5) is 30.3. The highest BCUT2D eigenvalue weighted by molar-refractivity contribution is 5.75. The lowest BCUT2D eigenvalue weighted by atomic mass is 9.96. The predicted octanol–water partition coefficient (Wildman–Crippen LogP) is 2.83. The number of rotatable bonds is 7. The number of carbonyl (C=O) groups is 2. The van der Waals surface area contributed by atoms with Gasteiger partial charge < -0.3 is 9.64 Å². The summed E-state index contributed by atoms with van der Waals surface area (Å²) in [5, 5.41) is 1.18. The van der Waals surface area contributed by atoms with Crippen LogP contribution >= 0.6 is 0 Å². The van der Waals surface area contributed by atoms with Gasteiger partial charge in [0, 0.05) is 26.1 Å². The largest absolute Gasteiger partial charge is 0.445 e. The molecule has 0 aliphatic carbocycles. The molecule has 1 aromatic carbocycles. The third kappa shape index (κ3) is 5.90. The highest BCUT2D eigenvalue weighted by Gasteiger charge is 2.29. The Morgan fingerprint density at radius 2 is 1.74 bits per heavy atom. The normalized spacial score (nSPS) is 11.0. The zero-order chi connectivity index (χ0) is 17.5. The van der Waals surface area contributed by atoms with Crippen molar-refractivity contribution in [2.75, 3.05) is 21.2 Å². The highest BCUT2D eigenvalue weighted by atomic mass is 16.7. The first-order chi connectivity index (χ1) is 10.8. The van der Waals surface area contributed by atoms with Crippen molar-refractivity contribution < 1.29 is 19.2 Å². The molecule has 6 nitrogen and oxygen atoms in total. The van der Waals surface area contributed by atoms with Gasteiger partial charge in [-0.15, -0.1) is 0 Å². The molecule has 23 heavy (non-hydrogen) atoms. The van der Waals surface area contributed by atoms with Gasteiger partial charge in [-0.25, -0.2) is 9.86 Å². The Bertz CT molecular complexity index is 517. The number of hydrogen-bond donors (Lipinski definition) is 0. The zero-order valence-corrected chi connectivity index (χ0v) is 14.5. The van der Waals surface area contributed by atoms with Gasteiger partial charge in [-0.2, -0.15) is 0 Å². The number of ether oxygens (including phenoxy) is 1. The van der Waals surface area contributed by atoms with Crippen LogP contribution in [-0.4, -0.2) is 48.7 Å². The van der Waals surface area contributed by atoms with Crippen LogP contribution in [0.1, 0.15) is 32.3 Å². The Balaban J connectivity index is 2.51. The lowest BCUT2D eigenvalue weighted by molar-refractivity contribution is -0.169. The molecule has 0 aromatic heterocycles. The topological polar surface area (TPSA) is 59.1 Å². The van der Waals surface area contributed by atoms with E-state index in [1.807, 2.05) is 44.2 Å². The molecule has 0 bridgehead atoms. The molecule has 6 heteroatoms. The Hall–Kier alpha value is -2.08. The average Bonchev–Trinajstić information content (AvgIpc) is 2.56. The Kier molecular flexibility index (Phi) is 7.03. The second kappa shape index (κ2) is 8.53. The molecule has 1 rings (SSSR count). The molecule has 0 saturated heterocycles. The van der Waals surface area contributed by atoms with Crippen molar-refractivity contribution in [3.63, 3.8) is 0 Å². The van der Waals surface area contributed by atoms with Crippen molar-refractivity contribution in [2.24, 2.45) is 0 Å². The summed E-state index contributed by atoms with van der Waals surface area (Å²) >= 11 is 0. The van der Waals surface area contributed by atoms with Crippen molar-refractivity contribution in [1.29, 1.82) is 0 Å². The number of hydroxylamine groups is 2. The molecule has 2 amide bonds. The van der Waals surface area contributed by atoms with Crippen LogP contribution in [-0.2, 0) is 21.0 Å². The Morgan fingerprint density at radius 1 is 1.13 bits per heavy atom. The molecule has 0 aliphatic rings. The SMILES string of the molecule is CON(C)C(=O)CCC(C)(C)N(C)C(=O)OCc1ccccc1. The minimum absolute atomic E-state index is 0.133. The number of carbonyl (C=O) groups excluding carboxylic acids is 2. The first-order valence-electron chi connectivity index (χ1n) is 7.53. The molecule has 0 N–H and O–H groups in total. The molecule has 0 heterocycles. The molecular weight excluding hydrogens is 296 g/mol. The van der Waals surface area contributed by atoms with Gasteiger partial charge >= 0.3 is 6.09 Å². The van der Waals surface area contributed by atoms with Gasteiger partial charge in [0.25, 0.3) is 0 Å². The first-order valence-corrected chi connectivity index (χ1v) is 7.53. The van der Waals surface area contributed by atoms with Gasteiger partial charge in [-0.3, -0.25) is 9.63 Å². The summed E-state index contributed by atoms with van der Waals surface area (Å²) in [5.74, 6) is -0.133. The molecule has 1 aromatic rings.